The lowest BCUT2D eigenvalue weighted by atomic mass is 9.65. The molecule has 0 radical (unpaired) electrons. The minimum atomic E-state index is 0.0712. The molecule has 1 amide bonds. The Kier molecular flexibility index (Phi) is 5.72. The van der Waals surface area contributed by atoms with Crippen LogP contribution in [0.15, 0.2) is 18.2 Å². The molecule has 0 aliphatic heterocycles. The molecule has 2 unspecified atom stereocenters. The minimum Gasteiger partial charge on any atom is -0.348 e. The molecule has 1 N–H and O–H groups in total. The van der Waals surface area contributed by atoms with Gasteiger partial charge in [0.2, 0.25) is 0 Å². The third-order valence-electron chi connectivity index (χ3n) is 5.57. The highest BCUT2D eigenvalue weighted by Gasteiger charge is 2.61. The molecule has 25 heavy (non-hydrogen) atoms. The second-order valence-electron chi connectivity index (χ2n) is 6.99. The first-order valence-electron chi connectivity index (χ1n) is 9.14. The summed E-state index contributed by atoms with van der Waals surface area (Å²) in [5, 5.41) is 5.18. The quantitative estimate of drug-likeness (QED) is 0.601. The summed E-state index contributed by atoms with van der Waals surface area (Å²) in [7, 11) is 0. The van der Waals surface area contributed by atoms with Crippen molar-refractivity contribution < 1.29 is 4.79 Å². The molecule has 0 saturated heterocycles. The molecule has 2 atom stereocenters. The Bertz CT molecular complexity index is 781. The van der Waals surface area contributed by atoms with E-state index in [1.807, 2.05) is 39.0 Å². The third-order valence-corrected chi connectivity index (χ3v) is 7.51. The summed E-state index contributed by atoms with van der Waals surface area (Å²) in [4.78, 5) is 13.5. The summed E-state index contributed by atoms with van der Waals surface area (Å²) in [5.41, 5.74) is 1.47. The summed E-state index contributed by atoms with van der Waals surface area (Å²) < 4.78 is 1.12. The highest BCUT2D eigenvalue weighted by Crippen LogP contribution is 2.64. The van der Waals surface area contributed by atoms with Crippen LogP contribution in [0.4, 0.5) is 0 Å². The monoisotopic (exact) mass is 395 g/mol. The zero-order chi connectivity index (χ0) is 18.2. The number of rotatable bonds is 4. The molecule has 2 nitrogen and oxygen atoms in total. The first-order chi connectivity index (χ1) is 12.0. The average Bonchev–Trinajstić information content (AvgIpc) is 3.30. The van der Waals surface area contributed by atoms with Gasteiger partial charge in [0, 0.05) is 15.8 Å². The Morgan fingerprint density at radius 3 is 2.76 bits per heavy atom. The van der Waals surface area contributed by atoms with E-state index in [4.69, 9.17) is 11.6 Å². The van der Waals surface area contributed by atoms with E-state index in [1.54, 1.807) is 11.3 Å². The lowest BCUT2D eigenvalue weighted by Crippen LogP contribution is -2.55. The fourth-order valence-electron chi connectivity index (χ4n) is 4.03. The normalized spacial score (nSPS) is 22.9. The maximum atomic E-state index is 12.7. The van der Waals surface area contributed by atoms with Crippen LogP contribution in [0, 0.1) is 18.3 Å². The zero-order valence-electron chi connectivity index (χ0n) is 15.1. The van der Waals surface area contributed by atoms with Gasteiger partial charge in [0.25, 0.3) is 5.91 Å². The second-order valence-corrected chi connectivity index (χ2v) is 8.90. The van der Waals surface area contributed by atoms with Crippen LogP contribution in [0.2, 0.25) is 5.02 Å². The van der Waals surface area contributed by atoms with Gasteiger partial charge in [0.05, 0.1) is 4.88 Å². The molecule has 0 bridgehead atoms. The lowest BCUT2D eigenvalue weighted by molar-refractivity contribution is 0.0634. The Balaban J connectivity index is 0.000000880. The number of nitrogens with one attached hydrogen (secondary N) is 1. The van der Waals surface area contributed by atoms with Crippen LogP contribution >= 0.6 is 35.6 Å². The van der Waals surface area contributed by atoms with Gasteiger partial charge in [-0.25, -0.2) is 0 Å². The Hall–Kier alpha value is -0.710. The van der Waals surface area contributed by atoms with E-state index in [-0.39, 0.29) is 5.91 Å². The highest BCUT2D eigenvalue weighted by molar-refractivity contribution is 7.80. The van der Waals surface area contributed by atoms with Gasteiger partial charge in [-0.15, -0.1) is 11.3 Å². The summed E-state index contributed by atoms with van der Waals surface area (Å²) >= 11 is 12.1. The van der Waals surface area contributed by atoms with Crippen molar-refractivity contribution in [2.45, 2.75) is 52.5 Å². The zero-order valence-corrected chi connectivity index (χ0v) is 17.5. The smallest absolute Gasteiger partial charge is 0.261 e. The minimum absolute atomic E-state index is 0.0712. The molecular weight excluding hydrogens is 370 g/mol. The molecule has 4 rings (SSSR count). The van der Waals surface area contributed by atoms with Crippen molar-refractivity contribution in [3.63, 3.8) is 0 Å². The molecule has 5 heteroatoms. The molecule has 136 valence electrons. The summed E-state index contributed by atoms with van der Waals surface area (Å²) in [6.07, 6.45) is 4.89. The van der Waals surface area contributed by atoms with Crippen molar-refractivity contribution in [3.05, 3.63) is 33.7 Å². The Labute approximate surface area is 164 Å². The topological polar surface area (TPSA) is 29.1 Å². The molecule has 2 aliphatic rings. The van der Waals surface area contributed by atoms with E-state index in [1.165, 1.54) is 19.3 Å². The summed E-state index contributed by atoms with van der Waals surface area (Å²) in [5.74, 6) is 1.57. The maximum absolute atomic E-state index is 12.7. The molecule has 1 aromatic heterocycles. The van der Waals surface area contributed by atoms with E-state index in [9.17, 15) is 4.79 Å². The number of benzene rings is 1. The predicted molar refractivity (Wildman–Crippen MR) is 112 cm³/mol. The lowest BCUT2D eigenvalue weighted by Gasteiger charge is -2.46. The Morgan fingerprint density at radius 2 is 2.12 bits per heavy atom. The number of carbonyl (C=O) groups is 1. The van der Waals surface area contributed by atoms with Gasteiger partial charge in [-0.1, -0.05) is 31.5 Å². The van der Waals surface area contributed by atoms with Gasteiger partial charge in [0.15, 0.2) is 0 Å². The van der Waals surface area contributed by atoms with Crippen LogP contribution in [0.1, 0.15) is 54.8 Å². The van der Waals surface area contributed by atoms with Crippen LogP contribution in [-0.2, 0) is 0 Å². The molecule has 1 heterocycles. The number of thiol groups is 1. The van der Waals surface area contributed by atoms with Gasteiger partial charge in [-0.05, 0) is 72.8 Å². The van der Waals surface area contributed by atoms with E-state index >= 15 is 0 Å². The molecule has 1 aromatic carbocycles. The first kappa shape index (κ1) is 19.1. The number of thiophene rings is 1. The number of hydrogen-bond acceptors (Lipinski definition) is 3. The van der Waals surface area contributed by atoms with Gasteiger partial charge in [-0.3, -0.25) is 4.79 Å². The highest BCUT2D eigenvalue weighted by atomic mass is 35.5. The van der Waals surface area contributed by atoms with Crippen molar-refractivity contribution in [3.8, 4) is 0 Å². The number of aryl methyl sites for hydroxylation is 1. The number of halogens is 1. The summed E-state index contributed by atoms with van der Waals surface area (Å²) in [6, 6.07) is 6.23. The molecule has 2 fully saturated rings. The average molecular weight is 396 g/mol. The number of amides is 1. The van der Waals surface area contributed by atoms with Crippen molar-refractivity contribution in [1.29, 1.82) is 0 Å². The van der Waals surface area contributed by atoms with Gasteiger partial charge in [0.1, 0.15) is 0 Å². The van der Waals surface area contributed by atoms with E-state index in [0.717, 1.165) is 37.7 Å². The predicted octanol–water partition coefficient (Wildman–Crippen LogP) is 6.11. The van der Waals surface area contributed by atoms with Crippen LogP contribution < -0.4 is 5.32 Å². The maximum Gasteiger partial charge on any atom is 0.261 e. The van der Waals surface area contributed by atoms with Crippen molar-refractivity contribution >= 4 is 51.6 Å². The van der Waals surface area contributed by atoms with Crippen molar-refractivity contribution in [1.82, 2.24) is 5.32 Å². The first-order valence-corrected chi connectivity index (χ1v) is 11.0. The standard InChI is InChI=1S/C18H20ClNOS2.C2H6/c1-10-13(19)3-2-11-8-14(23-15(10)11)17(21)20-16-12(4-7-22)9-18(16)5-6-18;1-2/h2-3,8,12,16,22H,4-7,9H2,1H3,(H,20,21);1-2H3. The second kappa shape index (κ2) is 7.50. The van der Waals surface area contributed by atoms with E-state index < -0.39 is 0 Å². The van der Waals surface area contributed by atoms with Gasteiger partial charge < -0.3 is 5.32 Å². The summed E-state index contributed by atoms with van der Waals surface area (Å²) in [6.45, 7) is 6.01. The fourth-order valence-corrected chi connectivity index (χ4v) is 5.64. The van der Waals surface area contributed by atoms with Gasteiger partial charge >= 0.3 is 0 Å². The molecule has 1 spiro atoms. The molecule has 2 aliphatic carbocycles. The van der Waals surface area contributed by atoms with E-state index in [0.29, 0.717) is 17.4 Å². The molecular formula is C20H26ClNOS2. The van der Waals surface area contributed by atoms with Crippen LogP contribution in [0.25, 0.3) is 10.1 Å². The Morgan fingerprint density at radius 1 is 1.40 bits per heavy atom. The number of fused-ring (bicyclic) bond motifs is 1. The number of carbonyl (C=O) groups excluding carboxylic acids is 1. The van der Waals surface area contributed by atoms with Crippen molar-refractivity contribution in [2.24, 2.45) is 11.3 Å². The van der Waals surface area contributed by atoms with E-state index in [2.05, 4.69) is 17.9 Å². The third kappa shape index (κ3) is 3.45. The number of hydrogen-bond donors (Lipinski definition) is 2. The largest absolute Gasteiger partial charge is 0.348 e. The van der Waals surface area contributed by atoms with Crippen LogP contribution in [0.3, 0.4) is 0 Å². The van der Waals surface area contributed by atoms with Gasteiger partial charge in [-0.2, -0.15) is 12.6 Å². The molecule has 2 saturated carbocycles. The van der Waals surface area contributed by atoms with Crippen molar-refractivity contribution in [2.75, 3.05) is 5.75 Å². The SMILES string of the molecule is CC.Cc1c(Cl)ccc2cc(C(=O)NC3C(CCS)CC34CC4)sc12. The fraction of sp³-hybridized carbons (Fsp3) is 0.550. The van der Waals surface area contributed by atoms with Crippen LogP contribution in [-0.4, -0.2) is 17.7 Å². The van der Waals surface area contributed by atoms with Crippen LogP contribution in [0.5, 0.6) is 0 Å². The molecule has 2 aromatic rings.